The van der Waals surface area contributed by atoms with Gasteiger partial charge in [0.2, 0.25) is 17.7 Å². The van der Waals surface area contributed by atoms with Crippen molar-refractivity contribution in [1.29, 1.82) is 0 Å². The van der Waals surface area contributed by atoms with Crippen molar-refractivity contribution in [2.75, 3.05) is 11.9 Å². The van der Waals surface area contributed by atoms with Gasteiger partial charge in [-0.1, -0.05) is 31.4 Å². The van der Waals surface area contributed by atoms with E-state index in [2.05, 4.69) is 10.6 Å². The summed E-state index contributed by atoms with van der Waals surface area (Å²) >= 11 is 0. The average molecular weight is 371 g/mol. The van der Waals surface area contributed by atoms with Crippen molar-refractivity contribution in [2.24, 2.45) is 5.41 Å². The van der Waals surface area contributed by atoms with Crippen molar-refractivity contribution >= 4 is 29.4 Å². The topological polar surface area (TPSA) is 95.6 Å². The number of carbonyl (C=O) groups excluding carboxylic acids is 4. The molecule has 1 aromatic rings. The zero-order chi connectivity index (χ0) is 19.6. The molecule has 1 aromatic carbocycles. The van der Waals surface area contributed by atoms with E-state index in [4.69, 9.17) is 0 Å². The Morgan fingerprint density at radius 2 is 1.81 bits per heavy atom. The SMILES string of the molecule is Cc1cccc(NC(=O)NC(=O)CN2C(=O)CC3(CCCCC3)C2=O)c1C. The lowest BCUT2D eigenvalue weighted by atomic mass is 9.73. The third-order valence-electron chi connectivity index (χ3n) is 5.71. The molecular formula is C20H25N3O4. The molecule has 0 atom stereocenters. The van der Waals surface area contributed by atoms with Crippen LogP contribution < -0.4 is 10.6 Å². The molecule has 2 N–H and O–H groups in total. The molecular weight excluding hydrogens is 346 g/mol. The lowest BCUT2D eigenvalue weighted by molar-refractivity contribution is -0.145. The number of anilines is 1. The normalized spacial score (nSPS) is 18.7. The van der Waals surface area contributed by atoms with Gasteiger partial charge in [-0.15, -0.1) is 0 Å². The van der Waals surface area contributed by atoms with Gasteiger partial charge in [-0.3, -0.25) is 24.6 Å². The molecule has 5 amide bonds. The Hall–Kier alpha value is -2.70. The molecule has 144 valence electrons. The van der Waals surface area contributed by atoms with Crippen LogP contribution in [0.4, 0.5) is 10.5 Å². The van der Waals surface area contributed by atoms with Gasteiger partial charge >= 0.3 is 6.03 Å². The summed E-state index contributed by atoms with van der Waals surface area (Å²) in [5.74, 6) is -1.27. The number of benzene rings is 1. The minimum Gasteiger partial charge on any atom is -0.307 e. The monoisotopic (exact) mass is 371 g/mol. The lowest BCUT2D eigenvalue weighted by Gasteiger charge is -2.30. The Balaban J connectivity index is 1.59. The van der Waals surface area contributed by atoms with Crippen molar-refractivity contribution in [2.45, 2.75) is 52.4 Å². The van der Waals surface area contributed by atoms with Gasteiger partial charge in [-0.2, -0.15) is 0 Å². The molecule has 2 fully saturated rings. The fourth-order valence-corrected chi connectivity index (χ4v) is 3.99. The van der Waals surface area contributed by atoms with Gasteiger partial charge in [0.1, 0.15) is 6.54 Å². The molecule has 7 heteroatoms. The van der Waals surface area contributed by atoms with E-state index in [-0.39, 0.29) is 18.2 Å². The zero-order valence-corrected chi connectivity index (χ0v) is 15.8. The number of imide groups is 2. The number of hydrogen-bond acceptors (Lipinski definition) is 4. The van der Waals surface area contributed by atoms with Gasteiger partial charge in [-0.25, -0.2) is 4.79 Å². The number of hydrogen-bond donors (Lipinski definition) is 2. The second kappa shape index (κ2) is 7.50. The highest BCUT2D eigenvalue weighted by Crippen LogP contribution is 2.45. The van der Waals surface area contributed by atoms with E-state index in [0.717, 1.165) is 35.3 Å². The first kappa shape index (κ1) is 19.1. The molecule has 7 nitrogen and oxygen atoms in total. The summed E-state index contributed by atoms with van der Waals surface area (Å²) < 4.78 is 0. The maximum absolute atomic E-state index is 12.7. The van der Waals surface area contributed by atoms with E-state index in [9.17, 15) is 19.2 Å². The number of nitrogens with one attached hydrogen (secondary N) is 2. The van der Waals surface area contributed by atoms with E-state index in [1.807, 2.05) is 26.0 Å². The predicted octanol–water partition coefficient (Wildman–Crippen LogP) is 2.66. The summed E-state index contributed by atoms with van der Waals surface area (Å²) in [7, 11) is 0. The highest BCUT2D eigenvalue weighted by Gasteiger charge is 2.51. The van der Waals surface area contributed by atoms with Crippen LogP contribution in [-0.4, -0.2) is 35.2 Å². The van der Waals surface area contributed by atoms with E-state index in [0.29, 0.717) is 18.5 Å². The van der Waals surface area contributed by atoms with Gasteiger partial charge in [0, 0.05) is 12.1 Å². The fourth-order valence-electron chi connectivity index (χ4n) is 3.99. The van der Waals surface area contributed by atoms with Gasteiger partial charge < -0.3 is 5.32 Å². The van der Waals surface area contributed by atoms with Gasteiger partial charge in [-0.05, 0) is 43.9 Å². The molecule has 0 aromatic heterocycles. The van der Waals surface area contributed by atoms with Crippen molar-refractivity contribution in [3.8, 4) is 0 Å². The summed E-state index contributed by atoms with van der Waals surface area (Å²) in [4.78, 5) is 50.3. The van der Waals surface area contributed by atoms with E-state index >= 15 is 0 Å². The fraction of sp³-hybridized carbons (Fsp3) is 0.500. The summed E-state index contributed by atoms with van der Waals surface area (Å²) in [5.41, 5.74) is 1.90. The Labute approximate surface area is 158 Å². The van der Waals surface area contributed by atoms with Crippen LogP contribution in [0.15, 0.2) is 18.2 Å². The number of aryl methyl sites for hydroxylation is 1. The van der Waals surface area contributed by atoms with Gasteiger partial charge in [0.15, 0.2) is 0 Å². The van der Waals surface area contributed by atoms with E-state index in [1.165, 1.54) is 0 Å². The van der Waals surface area contributed by atoms with Crippen molar-refractivity contribution in [3.63, 3.8) is 0 Å². The second-order valence-corrected chi connectivity index (χ2v) is 7.55. The molecule has 1 saturated heterocycles. The first-order chi connectivity index (χ1) is 12.8. The average Bonchev–Trinajstić information content (AvgIpc) is 2.83. The number of nitrogens with zero attached hydrogens (tertiary/aromatic N) is 1. The Morgan fingerprint density at radius 3 is 2.52 bits per heavy atom. The van der Waals surface area contributed by atoms with Crippen LogP contribution in [0.25, 0.3) is 0 Å². The number of likely N-dealkylation sites (tertiary alicyclic amines) is 1. The minimum absolute atomic E-state index is 0.174. The second-order valence-electron chi connectivity index (χ2n) is 7.55. The molecule has 27 heavy (non-hydrogen) atoms. The van der Waals surface area contributed by atoms with Crippen molar-refractivity contribution < 1.29 is 19.2 Å². The molecule has 0 bridgehead atoms. The molecule has 1 heterocycles. The van der Waals surface area contributed by atoms with Crippen LogP contribution in [0.1, 0.15) is 49.7 Å². The molecule has 0 radical (unpaired) electrons. The zero-order valence-electron chi connectivity index (χ0n) is 15.8. The lowest BCUT2D eigenvalue weighted by Crippen LogP contribution is -2.45. The summed E-state index contributed by atoms with van der Waals surface area (Å²) in [5, 5.41) is 4.83. The maximum Gasteiger partial charge on any atom is 0.325 e. The third kappa shape index (κ3) is 3.86. The quantitative estimate of drug-likeness (QED) is 0.799. The molecule has 1 saturated carbocycles. The third-order valence-corrected chi connectivity index (χ3v) is 5.71. The van der Waals surface area contributed by atoms with E-state index < -0.39 is 23.9 Å². The van der Waals surface area contributed by atoms with Crippen LogP contribution in [0.3, 0.4) is 0 Å². The van der Waals surface area contributed by atoms with Crippen molar-refractivity contribution in [3.05, 3.63) is 29.3 Å². The molecule has 2 aliphatic rings. The van der Waals surface area contributed by atoms with Crippen LogP contribution in [0, 0.1) is 19.3 Å². The van der Waals surface area contributed by atoms with Gasteiger partial charge in [0.25, 0.3) is 0 Å². The number of urea groups is 1. The predicted molar refractivity (Wildman–Crippen MR) is 99.9 cm³/mol. The highest BCUT2D eigenvalue weighted by atomic mass is 16.2. The standard InChI is InChI=1S/C20H25N3O4/c1-13-7-6-8-15(14(13)2)21-19(27)22-16(24)12-23-17(25)11-20(18(23)26)9-4-3-5-10-20/h6-8H,3-5,9-12H2,1-2H3,(H2,21,22,24,27). The van der Waals surface area contributed by atoms with Crippen LogP contribution in [-0.2, 0) is 14.4 Å². The molecule has 1 spiro atoms. The number of carbonyl (C=O) groups is 4. The molecule has 0 unspecified atom stereocenters. The number of amides is 5. The first-order valence-electron chi connectivity index (χ1n) is 9.34. The first-order valence-corrected chi connectivity index (χ1v) is 9.34. The molecule has 3 rings (SSSR count). The highest BCUT2D eigenvalue weighted by molar-refractivity contribution is 6.10. The Bertz CT molecular complexity index is 796. The Morgan fingerprint density at radius 1 is 1.11 bits per heavy atom. The maximum atomic E-state index is 12.7. The van der Waals surface area contributed by atoms with Crippen molar-refractivity contribution in [1.82, 2.24) is 10.2 Å². The molecule has 1 aliphatic carbocycles. The van der Waals surface area contributed by atoms with Crippen LogP contribution >= 0.6 is 0 Å². The summed E-state index contributed by atoms with van der Waals surface area (Å²) in [6.45, 7) is 3.38. The largest absolute Gasteiger partial charge is 0.325 e. The van der Waals surface area contributed by atoms with Crippen LogP contribution in [0.5, 0.6) is 0 Å². The van der Waals surface area contributed by atoms with Crippen LogP contribution in [0.2, 0.25) is 0 Å². The summed E-state index contributed by atoms with van der Waals surface area (Å²) in [6, 6.07) is 4.80. The number of rotatable bonds is 3. The summed E-state index contributed by atoms with van der Waals surface area (Å²) in [6.07, 6.45) is 4.50. The Kier molecular flexibility index (Phi) is 5.30. The van der Waals surface area contributed by atoms with E-state index in [1.54, 1.807) is 6.07 Å². The molecule has 1 aliphatic heterocycles. The van der Waals surface area contributed by atoms with Gasteiger partial charge in [0.05, 0.1) is 5.41 Å². The smallest absolute Gasteiger partial charge is 0.307 e. The minimum atomic E-state index is -0.680.